The first kappa shape index (κ1) is 10.7. The van der Waals surface area contributed by atoms with Gasteiger partial charge in [-0.05, 0) is 60.1 Å². The Morgan fingerprint density at radius 2 is 2.25 bits per heavy atom. The highest BCUT2D eigenvalue weighted by Crippen LogP contribution is 2.36. The lowest BCUT2D eigenvalue weighted by Gasteiger charge is -2.22. The van der Waals surface area contributed by atoms with Crippen LogP contribution < -0.4 is 11.1 Å². The second-order valence-electron chi connectivity index (χ2n) is 4.59. The van der Waals surface area contributed by atoms with Crippen LogP contribution in [0.2, 0.25) is 0 Å². The molecule has 1 aromatic rings. The monoisotopic (exact) mass is 330 g/mol. The molecule has 3 unspecified atom stereocenters. The van der Waals surface area contributed by atoms with Crippen LogP contribution in [0.15, 0.2) is 18.2 Å². The fourth-order valence-corrected chi connectivity index (χ4v) is 3.17. The Morgan fingerprint density at radius 1 is 1.38 bits per heavy atom. The van der Waals surface area contributed by atoms with E-state index in [1.807, 2.05) is 6.07 Å². The van der Waals surface area contributed by atoms with Gasteiger partial charge in [0.05, 0.1) is 29.6 Å². The van der Waals surface area contributed by atoms with Crippen LogP contribution in [0.25, 0.3) is 0 Å². The predicted molar refractivity (Wildman–Crippen MR) is 73.5 cm³/mol. The number of nitrogens with one attached hydrogen (secondary N) is 1. The van der Waals surface area contributed by atoms with E-state index in [2.05, 4.69) is 40.0 Å². The number of anilines is 2. The molecule has 3 rings (SSSR count). The number of rotatable bonds is 2. The van der Waals surface area contributed by atoms with Crippen LogP contribution in [0.3, 0.4) is 0 Å². The number of nitrogens with two attached hydrogens (primary N) is 1. The summed E-state index contributed by atoms with van der Waals surface area (Å²) in [6, 6.07) is 6.58. The Kier molecular flexibility index (Phi) is 2.71. The van der Waals surface area contributed by atoms with Gasteiger partial charge < -0.3 is 15.8 Å². The number of benzene rings is 1. The molecule has 0 aliphatic carbocycles. The van der Waals surface area contributed by atoms with E-state index in [1.165, 1.54) is 16.4 Å². The third-order valence-corrected chi connectivity index (χ3v) is 4.13. The predicted octanol–water partition coefficient (Wildman–Crippen LogP) is 2.61. The maximum absolute atomic E-state index is 5.99. The number of hydrogen-bond acceptors (Lipinski definition) is 3. The lowest BCUT2D eigenvalue weighted by atomic mass is 9.95. The standard InChI is InChI=1S/C12H15IN2O/c13-7-1-3-10(9(14)5-7)15-11-6-8-2-4-12(11)16-8/h1,3,5,8,11-12,15H,2,4,6,14H2. The summed E-state index contributed by atoms with van der Waals surface area (Å²) >= 11 is 2.27. The summed E-state index contributed by atoms with van der Waals surface area (Å²) in [5, 5.41) is 3.51. The highest BCUT2D eigenvalue weighted by atomic mass is 127. The Balaban J connectivity index is 1.74. The molecule has 0 radical (unpaired) electrons. The van der Waals surface area contributed by atoms with Gasteiger partial charge in [0.25, 0.3) is 0 Å². The van der Waals surface area contributed by atoms with E-state index in [-0.39, 0.29) is 0 Å². The zero-order valence-electron chi connectivity index (χ0n) is 8.95. The molecular formula is C12H15IN2O. The smallest absolute Gasteiger partial charge is 0.0781 e. The van der Waals surface area contributed by atoms with Crippen molar-refractivity contribution in [3.63, 3.8) is 0 Å². The summed E-state index contributed by atoms with van der Waals surface area (Å²) in [6.07, 6.45) is 4.41. The lowest BCUT2D eigenvalue weighted by molar-refractivity contribution is 0.102. The quantitative estimate of drug-likeness (QED) is 0.647. The van der Waals surface area contributed by atoms with Gasteiger partial charge in [0.2, 0.25) is 0 Å². The third kappa shape index (κ3) is 1.88. The van der Waals surface area contributed by atoms with Crippen molar-refractivity contribution in [2.45, 2.75) is 37.5 Å². The van der Waals surface area contributed by atoms with Crippen LogP contribution in [0, 0.1) is 3.57 Å². The molecular weight excluding hydrogens is 315 g/mol. The van der Waals surface area contributed by atoms with Crippen molar-refractivity contribution >= 4 is 34.0 Å². The second kappa shape index (κ2) is 4.07. The average Bonchev–Trinajstić information content (AvgIpc) is 2.84. The van der Waals surface area contributed by atoms with Gasteiger partial charge in [0.1, 0.15) is 0 Å². The minimum atomic E-state index is 0.392. The van der Waals surface area contributed by atoms with Crippen LogP contribution >= 0.6 is 22.6 Å². The van der Waals surface area contributed by atoms with E-state index < -0.39 is 0 Å². The van der Waals surface area contributed by atoms with Gasteiger partial charge >= 0.3 is 0 Å². The van der Waals surface area contributed by atoms with E-state index >= 15 is 0 Å². The van der Waals surface area contributed by atoms with Gasteiger partial charge in [-0.25, -0.2) is 0 Å². The molecule has 2 aliphatic heterocycles. The minimum Gasteiger partial charge on any atom is -0.397 e. The Bertz CT molecular complexity index is 410. The van der Waals surface area contributed by atoms with Crippen molar-refractivity contribution in [1.29, 1.82) is 0 Å². The van der Waals surface area contributed by atoms with E-state index in [4.69, 9.17) is 10.5 Å². The number of halogens is 1. The highest BCUT2D eigenvalue weighted by Gasteiger charge is 2.40. The molecule has 4 heteroatoms. The molecule has 2 fully saturated rings. The zero-order valence-corrected chi connectivity index (χ0v) is 11.1. The lowest BCUT2D eigenvalue weighted by Crippen LogP contribution is -2.30. The number of ether oxygens (including phenoxy) is 1. The van der Waals surface area contributed by atoms with Gasteiger partial charge in [0.15, 0.2) is 0 Å². The topological polar surface area (TPSA) is 47.3 Å². The van der Waals surface area contributed by atoms with Crippen molar-refractivity contribution in [2.75, 3.05) is 11.1 Å². The molecule has 2 saturated heterocycles. The molecule has 0 spiro atoms. The maximum atomic E-state index is 5.99. The first-order chi connectivity index (χ1) is 7.72. The van der Waals surface area contributed by atoms with Crippen molar-refractivity contribution < 1.29 is 4.74 Å². The average molecular weight is 330 g/mol. The van der Waals surface area contributed by atoms with Gasteiger partial charge in [0, 0.05) is 3.57 Å². The molecule has 3 atom stereocenters. The van der Waals surface area contributed by atoms with Gasteiger partial charge in [-0.15, -0.1) is 0 Å². The summed E-state index contributed by atoms with van der Waals surface area (Å²) in [4.78, 5) is 0. The van der Waals surface area contributed by atoms with Crippen LogP contribution in [0.5, 0.6) is 0 Å². The van der Waals surface area contributed by atoms with E-state index in [0.29, 0.717) is 18.2 Å². The summed E-state index contributed by atoms with van der Waals surface area (Å²) in [7, 11) is 0. The first-order valence-electron chi connectivity index (χ1n) is 5.69. The summed E-state index contributed by atoms with van der Waals surface area (Å²) in [5.74, 6) is 0. The van der Waals surface area contributed by atoms with E-state index in [9.17, 15) is 0 Å². The van der Waals surface area contributed by atoms with Gasteiger partial charge in [-0.1, -0.05) is 0 Å². The van der Waals surface area contributed by atoms with Crippen LogP contribution in [0.1, 0.15) is 19.3 Å². The molecule has 3 nitrogen and oxygen atoms in total. The first-order valence-corrected chi connectivity index (χ1v) is 6.77. The molecule has 2 heterocycles. The molecule has 3 N–H and O–H groups in total. The number of hydrogen-bond donors (Lipinski definition) is 2. The molecule has 2 bridgehead atoms. The van der Waals surface area contributed by atoms with Crippen molar-refractivity contribution in [3.05, 3.63) is 21.8 Å². The fourth-order valence-electron chi connectivity index (χ4n) is 2.65. The summed E-state index contributed by atoms with van der Waals surface area (Å²) < 4.78 is 6.99. The maximum Gasteiger partial charge on any atom is 0.0781 e. The SMILES string of the molecule is Nc1cc(I)ccc1NC1CC2CCC1O2. The minimum absolute atomic E-state index is 0.392. The second-order valence-corrected chi connectivity index (χ2v) is 5.84. The summed E-state index contributed by atoms with van der Waals surface area (Å²) in [6.45, 7) is 0. The molecule has 16 heavy (non-hydrogen) atoms. The number of fused-ring (bicyclic) bond motifs is 2. The van der Waals surface area contributed by atoms with Crippen molar-refractivity contribution in [2.24, 2.45) is 0 Å². The molecule has 1 aromatic carbocycles. The Morgan fingerprint density at radius 3 is 2.88 bits per heavy atom. The normalized spacial score (nSPS) is 31.9. The number of nitrogen functional groups attached to an aromatic ring is 1. The molecule has 0 saturated carbocycles. The van der Waals surface area contributed by atoms with Gasteiger partial charge in [-0.2, -0.15) is 0 Å². The summed E-state index contributed by atoms with van der Waals surface area (Å²) in [5.41, 5.74) is 7.86. The fraction of sp³-hybridized carbons (Fsp3) is 0.500. The Hall–Kier alpha value is -0.490. The van der Waals surface area contributed by atoms with Crippen molar-refractivity contribution in [3.8, 4) is 0 Å². The largest absolute Gasteiger partial charge is 0.397 e. The van der Waals surface area contributed by atoms with Gasteiger partial charge in [-0.3, -0.25) is 0 Å². The zero-order chi connectivity index (χ0) is 11.1. The third-order valence-electron chi connectivity index (χ3n) is 3.46. The highest BCUT2D eigenvalue weighted by molar-refractivity contribution is 14.1. The molecule has 0 amide bonds. The Labute approximate surface area is 109 Å². The van der Waals surface area contributed by atoms with E-state index in [0.717, 1.165) is 17.8 Å². The molecule has 86 valence electrons. The molecule has 0 aromatic heterocycles. The van der Waals surface area contributed by atoms with Crippen LogP contribution in [-0.2, 0) is 4.74 Å². The van der Waals surface area contributed by atoms with E-state index in [1.54, 1.807) is 0 Å². The van der Waals surface area contributed by atoms with Crippen LogP contribution in [0.4, 0.5) is 11.4 Å². The van der Waals surface area contributed by atoms with Crippen LogP contribution in [-0.4, -0.2) is 18.2 Å². The molecule has 2 aliphatic rings. The van der Waals surface area contributed by atoms with Crippen molar-refractivity contribution in [1.82, 2.24) is 0 Å².